The van der Waals surface area contributed by atoms with Gasteiger partial charge in [0.25, 0.3) is 0 Å². The van der Waals surface area contributed by atoms with E-state index in [2.05, 4.69) is 28.4 Å². The van der Waals surface area contributed by atoms with Crippen LogP contribution in [0.2, 0.25) is 0 Å². The number of fused-ring (bicyclic) bond motifs is 1. The minimum absolute atomic E-state index is 0.0206. The molecule has 0 aromatic rings. The second kappa shape index (κ2) is 8.01. The standard InChI is InChI=1S/C23H38N2O4S2/c1-6-22(18(26)27)14-21-15-25(19(28)29-20(2,3)4)11-9-16(21)8-10-23(17(21)24(22)5)30-12-7-13-31-23/h16-17H,6-15H2,1-5H3,(H,26,27)/t16-,17-,21+,22-/m1/s1. The van der Waals surface area contributed by atoms with E-state index in [-0.39, 0.29) is 21.6 Å². The number of amides is 1. The summed E-state index contributed by atoms with van der Waals surface area (Å²) in [5, 5.41) is 10.4. The number of likely N-dealkylation sites (N-methyl/N-ethyl adjacent to an activating group) is 1. The molecule has 1 amide bonds. The number of carbonyl (C=O) groups is 2. The molecule has 8 heteroatoms. The highest BCUT2D eigenvalue weighted by molar-refractivity contribution is 8.18. The fourth-order valence-electron chi connectivity index (χ4n) is 6.88. The van der Waals surface area contributed by atoms with Gasteiger partial charge >= 0.3 is 12.1 Å². The third-order valence-electron chi connectivity index (χ3n) is 8.15. The Morgan fingerprint density at radius 3 is 2.45 bits per heavy atom. The van der Waals surface area contributed by atoms with E-state index in [4.69, 9.17) is 4.74 Å². The number of carbonyl (C=O) groups excluding carboxylic acids is 1. The van der Waals surface area contributed by atoms with Gasteiger partial charge in [-0.25, -0.2) is 4.79 Å². The largest absolute Gasteiger partial charge is 0.480 e. The molecule has 3 saturated heterocycles. The molecule has 0 unspecified atom stereocenters. The van der Waals surface area contributed by atoms with Gasteiger partial charge in [0, 0.05) is 24.5 Å². The van der Waals surface area contributed by atoms with Crippen LogP contribution in [0.4, 0.5) is 4.79 Å². The van der Waals surface area contributed by atoms with Gasteiger partial charge in [0.15, 0.2) is 0 Å². The van der Waals surface area contributed by atoms with E-state index in [1.165, 1.54) is 6.42 Å². The van der Waals surface area contributed by atoms with Crippen molar-refractivity contribution in [3.63, 3.8) is 0 Å². The number of hydrogen-bond donors (Lipinski definition) is 1. The van der Waals surface area contributed by atoms with Gasteiger partial charge in [0.1, 0.15) is 11.1 Å². The molecule has 4 aliphatic rings. The fraction of sp³-hybridized carbons (Fsp3) is 0.913. The Balaban J connectivity index is 1.76. The summed E-state index contributed by atoms with van der Waals surface area (Å²) in [5.74, 6) is 2.02. The molecule has 0 aromatic carbocycles. The van der Waals surface area contributed by atoms with Crippen molar-refractivity contribution < 1.29 is 19.4 Å². The lowest BCUT2D eigenvalue weighted by Gasteiger charge is -2.60. The van der Waals surface area contributed by atoms with Crippen LogP contribution in [0.1, 0.15) is 66.2 Å². The van der Waals surface area contributed by atoms with Crippen LogP contribution in [-0.2, 0) is 9.53 Å². The molecule has 2 spiro atoms. The number of nitrogens with zero attached hydrogens (tertiary/aromatic N) is 2. The van der Waals surface area contributed by atoms with Crippen LogP contribution in [0.15, 0.2) is 0 Å². The summed E-state index contributed by atoms with van der Waals surface area (Å²) in [4.78, 5) is 29.9. The quantitative estimate of drug-likeness (QED) is 0.636. The predicted molar refractivity (Wildman–Crippen MR) is 127 cm³/mol. The number of carboxylic acid groups (broad SMARTS) is 1. The zero-order valence-corrected chi connectivity index (χ0v) is 21.2. The number of likely N-dealkylation sites (tertiary alicyclic amines) is 2. The Morgan fingerprint density at radius 2 is 1.87 bits per heavy atom. The summed E-state index contributed by atoms with van der Waals surface area (Å²) in [5.41, 5.74) is -1.60. The zero-order chi connectivity index (χ0) is 22.7. The number of ether oxygens (including phenoxy) is 1. The van der Waals surface area contributed by atoms with Gasteiger partial charge in [-0.05, 0) is 83.8 Å². The number of rotatable bonds is 2. The monoisotopic (exact) mass is 470 g/mol. The van der Waals surface area contributed by atoms with Crippen molar-refractivity contribution in [1.82, 2.24) is 9.80 Å². The van der Waals surface area contributed by atoms with E-state index >= 15 is 0 Å². The van der Waals surface area contributed by atoms with Crippen molar-refractivity contribution >= 4 is 35.6 Å². The van der Waals surface area contributed by atoms with Crippen LogP contribution in [-0.4, -0.2) is 79.9 Å². The third-order valence-corrected chi connectivity index (χ3v) is 11.7. The van der Waals surface area contributed by atoms with Gasteiger partial charge in [0.05, 0.1) is 4.08 Å². The molecule has 4 rings (SSSR count). The van der Waals surface area contributed by atoms with Crippen molar-refractivity contribution in [2.24, 2.45) is 11.3 Å². The van der Waals surface area contributed by atoms with E-state index in [0.29, 0.717) is 31.8 Å². The van der Waals surface area contributed by atoms with Crippen LogP contribution in [0.5, 0.6) is 0 Å². The molecule has 3 aliphatic heterocycles. The Hall–Kier alpha value is -0.600. The van der Waals surface area contributed by atoms with Gasteiger partial charge in [-0.15, -0.1) is 23.5 Å². The van der Waals surface area contributed by atoms with Gasteiger partial charge in [0.2, 0.25) is 0 Å². The first-order chi connectivity index (χ1) is 14.5. The predicted octanol–water partition coefficient (Wildman–Crippen LogP) is 4.53. The molecule has 3 heterocycles. The topological polar surface area (TPSA) is 70.1 Å². The lowest BCUT2D eigenvalue weighted by molar-refractivity contribution is -0.150. The lowest BCUT2D eigenvalue weighted by Crippen LogP contribution is -2.65. The Kier molecular flexibility index (Phi) is 6.09. The van der Waals surface area contributed by atoms with Crippen LogP contribution in [0.3, 0.4) is 0 Å². The molecule has 0 radical (unpaired) electrons. The molecule has 1 aliphatic carbocycles. The number of aliphatic carboxylic acids is 1. The van der Waals surface area contributed by atoms with Crippen molar-refractivity contribution in [2.45, 2.75) is 87.5 Å². The van der Waals surface area contributed by atoms with Gasteiger partial charge < -0.3 is 14.7 Å². The van der Waals surface area contributed by atoms with Gasteiger partial charge in [-0.2, -0.15) is 0 Å². The maximum Gasteiger partial charge on any atom is 0.410 e. The van der Waals surface area contributed by atoms with E-state index < -0.39 is 17.1 Å². The zero-order valence-electron chi connectivity index (χ0n) is 19.6. The van der Waals surface area contributed by atoms with E-state index in [9.17, 15) is 14.7 Å². The van der Waals surface area contributed by atoms with Gasteiger partial charge in [-0.1, -0.05) is 6.92 Å². The second-order valence-corrected chi connectivity index (χ2v) is 14.0. The summed E-state index contributed by atoms with van der Waals surface area (Å²) >= 11 is 4.11. The Bertz CT molecular complexity index is 736. The van der Waals surface area contributed by atoms with Crippen molar-refractivity contribution in [1.29, 1.82) is 0 Å². The molecule has 4 atom stereocenters. The SMILES string of the molecule is CC[C@]1(C(=O)O)C[C@]23CN(C(=O)OC(C)(C)C)CC[C@H]2CCC2(SCCCS2)[C@@H]3N1C. The van der Waals surface area contributed by atoms with Crippen molar-refractivity contribution in [3.05, 3.63) is 0 Å². The van der Waals surface area contributed by atoms with Crippen LogP contribution in [0, 0.1) is 11.3 Å². The fourth-order valence-corrected chi connectivity index (χ4v) is 10.8. The number of hydrogen-bond acceptors (Lipinski definition) is 6. The van der Waals surface area contributed by atoms with Crippen molar-refractivity contribution in [2.75, 3.05) is 31.6 Å². The highest BCUT2D eigenvalue weighted by Gasteiger charge is 2.71. The average molecular weight is 471 g/mol. The molecule has 31 heavy (non-hydrogen) atoms. The maximum absolute atomic E-state index is 13.1. The minimum Gasteiger partial charge on any atom is -0.480 e. The molecule has 176 valence electrons. The Labute approximate surface area is 195 Å². The summed E-state index contributed by atoms with van der Waals surface area (Å²) in [6.45, 7) is 9.03. The van der Waals surface area contributed by atoms with E-state index in [1.54, 1.807) is 0 Å². The first-order valence-electron chi connectivity index (χ1n) is 11.7. The summed E-state index contributed by atoms with van der Waals surface area (Å²) in [6.07, 6.45) is 5.37. The first kappa shape index (κ1) is 23.6. The first-order valence-corrected chi connectivity index (χ1v) is 13.7. The average Bonchev–Trinajstić information content (AvgIpc) is 2.97. The molecule has 0 bridgehead atoms. The highest BCUT2D eigenvalue weighted by atomic mass is 32.2. The maximum atomic E-state index is 13.1. The summed E-state index contributed by atoms with van der Waals surface area (Å²) in [7, 11) is 2.04. The second-order valence-electron chi connectivity index (χ2n) is 10.9. The van der Waals surface area contributed by atoms with E-state index in [1.807, 2.05) is 39.6 Å². The number of thioether (sulfide) groups is 2. The molecule has 1 N–H and O–H groups in total. The van der Waals surface area contributed by atoms with Crippen molar-refractivity contribution in [3.8, 4) is 0 Å². The molecular formula is C23H38N2O4S2. The molecular weight excluding hydrogens is 432 g/mol. The Morgan fingerprint density at radius 1 is 1.19 bits per heavy atom. The molecule has 4 fully saturated rings. The number of piperidine rings is 1. The normalized spacial score (nSPS) is 37.9. The molecule has 6 nitrogen and oxygen atoms in total. The molecule has 1 saturated carbocycles. The van der Waals surface area contributed by atoms with Crippen LogP contribution in [0.25, 0.3) is 0 Å². The summed E-state index contributed by atoms with van der Waals surface area (Å²) in [6, 6.07) is 0.148. The summed E-state index contributed by atoms with van der Waals surface area (Å²) < 4.78 is 5.76. The van der Waals surface area contributed by atoms with Crippen LogP contribution >= 0.6 is 23.5 Å². The lowest BCUT2D eigenvalue weighted by atomic mass is 9.58. The minimum atomic E-state index is -0.865. The number of carboxylic acids is 1. The third kappa shape index (κ3) is 3.68. The van der Waals surface area contributed by atoms with Gasteiger partial charge in [-0.3, -0.25) is 9.69 Å². The van der Waals surface area contributed by atoms with Crippen LogP contribution < -0.4 is 0 Å². The smallest absolute Gasteiger partial charge is 0.410 e. The highest BCUT2D eigenvalue weighted by Crippen LogP contribution is 2.67. The molecule has 0 aromatic heterocycles. The van der Waals surface area contributed by atoms with E-state index in [0.717, 1.165) is 30.8 Å².